The summed E-state index contributed by atoms with van der Waals surface area (Å²) in [6.45, 7) is 0.228. The van der Waals surface area contributed by atoms with Crippen LogP contribution in [0.1, 0.15) is 25.0 Å². The van der Waals surface area contributed by atoms with Crippen LogP contribution < -0.4 is 14.8 Å². The number of amides is 1. The van der Waals surface area contributed by atoms with Gasteiger partial charge in [0, 0.05) is 17.0 Å². The van der Waals surface area contributed by atoms with Crippen LogP contribution in [0.4, 0.5) is 0 Å². The molecular weight excluding hydrogens is 356 g/mol. The van der Waals surface area contributed by atoms with Gasteiger partial charge >= 0.3 is 5.97 Å². The first-order valence-corrected chi connectivity index (χ1v) is 9.33. The molecule has 2 aliphatic rings. The minimum atomic E-state index is -0.783. The number of thiazole rings is 1. The number of hydrogen-bond acceptors (Lipinski definition) is 6. The lowest BCUT2D eigenvalue weighted by Gasteiger charge is -2.11. The van der Waals surface area contributed by atoms with Crippen LogP contribution in [0, 0.1) is 5.92 Å². The zero-order chi connectivity index (χ0) is 18.1. The Labute approximate surface area is 154 Å². The number of carbonyl (C=O) groups is 2. The van der Waals surface area contributed by atoms with Crippen molar-refractivity contribution >= 4 is 23.2 Å². The van der Waals surface area contributed by atoms with Gasteiger partial charge in [-0.3, -0.25) is 9.59 Å². The molecule has 136 valence electrons. The molecule has 0 spiro atoms. The number of aromatic nitrogens is 1. The third-order valence-corrected chi connectivity index (χ3v) is 5.60. The van der Waals surface area contributed by atoms with Gasteiger partial charge in [0.2, 0.25) is 12.7 Å². The molecular formula is C18H18N2O5S. The van der Waals surface area contributed by atoms with Crippen molar-refractivity contribution in [3.05, 3.63) is 29.3 Å². The summed E-state index contributed by atoms with van der Waals surface area (Å²) in [6, 6.07) is 5.59. The quantitative estimate of drug-likeness (QED) is 0.834. The predicted molar refractivity (Wildman–Crippen MR) is 94.3 cm³/mol. The predicted octanol–water partition coefficient (Wildman–Crippen LogP) is 2.45. The number of ether oxygens (including phenoxy) is 2. The van der Waals surface area contributed by atoms with Crippen LogP contribution in [-0.2, 0) is 16.0 Å². The molecule has 2 atom stereocenters. The number of hydrogen-bond donors (Lipinski definition) is 2. The molecule has 2 N–H and O–H groups in total. The Morgan fingerprint density at radius 3 is 2.92 bits per heavy atom. The normalized spacial score (nSPS) is 20.9. The van der Waals surface area contributed by atoms with Crippen LogP contribution in [-0.4, -0.2) is 34.8 Å². The van der Waals surface area contributed by atoms with E-state index >= 15 is 0 Å². The first-order valence-electron chi connectivity index (χ1n) is 8.45. The molecule has 1 aromatic heterocycles. The van der Waals surface area contributed by atoms with Crippen molar-refractivity contribution in [3.63, 3.8) is 0 Å². The highest BCUT2D eigenvalue weighted by Gasteiger charge is 2.30. The standard InChI is InChI=1S/C18H18N2O5S/c21-16(19-12-3-1-11(5-12)18(22)23)7-13-8-26-17(20-13)10-2-4-14-15(6-10)25-9-24-14/h2,4,6,8,11-12H,1,3,5,7,9H2,(H,19,21)(H,22,23)/t11-,12+/m0/s1. The van der Waals surface area contributed by atoms with E-state index in [2.05, 4.69) is 10.3 Å². The average Bonchev–Trinajstić information content (AvgIpc) is 3.34. The molecule has 8 heteroatoms. The molecule has 0 saturated heterocycles. The summed E-state index contributed by atoms with van der Waals surface area (Å²) in [7, 11) is 0. The van der Waals surface area contributed by atoms with Crippen molar-refractivity contribution in [2.24, 2.45) is 5.92 Å². The van der Waals surface area contributed by atoms with Crippen LogP contribution in [0.3, 0.4) is 0 Å². The lowest BCUT2D eigenvalue weighted by molar-refractivity contribution is -0.141. The molecule has 4 rings (SSSR count). The van der Waals surface area contributed by atoms with E-state index < -0.39 is 5.97 Å². The van der Waals surface area contributed by atoms with Gasteiger partial charge in [0.1, 0.15) is 5.01 Å². The Kier molecular flexibility index (Phi) is 4.50. The topological polar surface area (TPSA) is 97.8 Å². The van der Waals surface area contributed by atoms with Gasteiger partial charge in [0.15, 0.2) is 11.5 Å². The highest BCUT2D eigenvalue weighted by molar-refractivity contribution is 7.13. The maximum atomic E-state index is 12.2. The highest BCUT2D eigenvalue weighted by Crippen LogP contribution is 2.36. The molecule has 26 heavy (non-hydrogen) atoms. The second-order valence-corrected chi connectivity index (χ2v) is 7.36. The summed E-state index contributed by atoms with van der Waals surface area (Å²) in [5, 5.41) is 14.6. The van der Waals surface area contributed by atoms with Crippen LogP contribution >= 0.6 is 11.3 Å². The summed E-state index contributed by atoms with van der Waals surface area (Å²) >= 11 is 1.47. The Balaban J connectivity index is 1.36. The molecule has 1 aliphatic carbocycles. The SMILES string of the molecule is O=C(Cc1csc(-c2ccc3c(c2)OCO3)n1)N[C@@H]1CC[C@H](C(=O)O)C1. The minimum Gasteiger partial charge on any atom is -0.481 e. The molecule has 0 unspecified atom stereocenters. The van der Waals surface area contributed by atoms with E-state index in [1.807, 2.05) is 23.6 Å². The molecule has 1 amide bonds. The van der Waals surface area contributed by atoms with Gasteiger partial charge in [-0.1, -0.05) is 0 Å². The molecule has 2 aromatic rings. The van der Waals surface area contributed by atoms with E-state index in [4.69, 9.17) is 14.6 Å². The largest absolute Gasteiger partial charge is 0.481 e. The van der Waals surface area contributed by atoms with Crippen LogP contribution in [0.5, 0.6) is 11.5 Å². The number of aliphatic carboxylic acids is 1. The zero-order valence-electron chi connectivity index (χ0n) is 13.9. The van der Waals surface area contributed by atoms with Crippen molar-refractivity contribution < 1.29 is 24.2 Å². The molecule has 0 bridgehead atoms. The maximum Gasteiger partial charge on any atom is 0.306 e. The van der Waals surface area contributed by atoms with Gasteiger partial charge in [-0.25, -0.2) is 4.98 Å². The first-order chi connectivity index (χ1) is 12.6. The Morgan fingerprint density at radius 1 is 1.27 bits per heavy atom. The number of carbonyl (C=O) groups excluding carboxylic acids is 1. The number of carboxylic acids is 1. The van der Waals surface area contributed by atoms with Crippen LogP contribution in [0.15, 0.2) is 23.6 Å². The molecule has 1 aromatic carbocycles. The Hall–Kier alpha value is -2.61. The Morgan fingerprint density at radius 2 is 2.12 bits per heavy atom. The molecule has 1 saturated carbocycles. The van der Waals surface area contributed by atoms with Gasteiger partial charge in [-0.2, -0.15) is 0 Å². The van der Waals surface area contributed by atoms with Gasteiger partial charge < -0.3 is 19.9 Å². The zero-order valence-corrected chi connectivity index (χ0v) is 14.8. The monoisotopic (exact) mass is 374 g/mol. The first kappa shape index (κ1) is 16.8. The number of rotatable bonds is 5. The average molecular weight is 374 g/mol. The summed E-state index contributed by atoms with van der Waals surface area (Å²) in [4.78, 5) is 27.7. The third kappa shape index (κ3) is 3.50. The van der Waals surface area contributed by atoms with Crippen molar-refractivity contribution in [1.82, 2.24) is 10.3 Å². The second kappa shape index (κ2) is 6.95. The lowest BCUT2D eigenvalue weighted by atomic mass is 10.1. The Bertz CT molecular complexity index is 850. The van der Waals surface area contributed by atoms with Gasteiger partial charge in [0.25, 0.3) is 0 Å². The van der Waals surface area contributed by atoms with Gasteiger partial charge in [-0.05, 0) is 37.5 Å². The summed E-state index contributed by atoms with van der Waals surface area (Å²) in [5.74, 6) is 0.169. The number of nitrogens with zero attached hydrogens (tertiary/aromatic N) is 1. The number of benzene rings is 1. The minimum absolute atomic E-state index is 0.0597. The van der Waals surface area contributed by atoms with Crippen LogP contribution in [0.25, 0.3) is 10.6 Å². The van der Waals surface area contributed by atoms with Crippen molar-refractivity contribution in [1.29, 1.82) is 0 Å². The van der Waals surface area contributed by atoms with E-state index in [0.29, 0.717) is 30.7 Å². The fourth-order valence-electron chi connectivity index (χ4n) is 3.33. The fourth-order valence-corrected chi connectivity index (χ4v) is 4.15. The van der Waals surface area contributed by atoms with E-state index in [1.54, 1.807) is 0 Å². The molecule has 0 radical (unpaired) electrons. The van der Waals surface area contributed by atoms with Crippen molar-refractivity contribution in [2.45, 2.75) is 31.7 Å². The third-order valence-electron chi connectivity index (χ3n) is 4.66. The van der Waals surface area contributed by atoms with Crippen molar-refractivity contribution in [2.75, 3.05) is 6.79 Å². The molecule has 1 fully saturated rings. The summed E-state index contributed by atoms with van der Waals surface area (Å²) in [5.41, 5.74) is 1.62. The van der Waals surface area contributed by atoms with E-state index in [-0.39, 0.29) is 31.1 Å². The molecule has 2 heterocycles. The van der Waals surface area contributed by atoms with E-state index in [0.717, 1.165) is 16.3 Å². The smallest absolute Gasteiger partial charge is 0.306 e. The van der Waals surface area contributed by atoms with Gasteiger partial charge in [0.05, 0.1) is 18.0 Å². The number of fused-ring (bicyclic) bond motifs is 1. The van der Waals surface area contributed by atoms with Gasteiger partial charge in [-0.15, -0.1) is 11.3 Å². The molecule has 1 aliphatic heterocycles. The lowest BCUT2D eigenvalue weighted by Crippen LogP contribution is -2.34. The van der Waals surface area contributed by atoms with Crippen LogP contribution in [0.2, 0.25) is 0 Å². The molecule has 7 nitrogen and oxygen atoms in total. The summed E-state index contributed by atoms with van der Waals surface area (Å²) < 4.78 is 10.7. The van der Waals surface area contributed by atoms with Crippen molar-refractivity contribution in [3.8, 4) is 22.1 Å². The fraction of sp³-hybridized carbons (Fsp3) is 0.389. The number of nitrogens with one attached hydrogen (secondary N) is 1. The van der Waals surface area contributed by atoms with E-state index in [9.17, 15) is 9.59 Å². The van der Waals surface area contributed by atoms with E-state index in [1.165, 1.54) is 11.3 Å². The second-order valence-electron chi connectivity index (χ2n) is 6.50. The number of carboxylic acid groups (broad SMARTS) is 1. The highest BCUT2D eigenvalue weighted by atomic mass is 32.1. The maximum absolute atomic E-state index is 12.2. The summed E-state index contributed by atoms with van der Waals surface area (Å²) in [6.07, 6.45) is 2.02.